The highest BCUT2D eigenvalue weighted by molar-refractivity contribution is 6.30. The third-order valence-corrected chi connectivity index (χ3v) is 3.62. The molecule has 0 radical (unpaired) electrons. The average Bonchev–Trinajstić information content (AvgIpc) is 3.17. The average molecular weight is 345 g/mol. The number of aryl methyl sites for hydroxylation is 2. The molecule has 0 fully saturated rings. The van der Waals surface area contributed by atoms with E-state index in [1.54, 1.807) is 21.9 Å². The highest BCUT2D eigenvalue weighted by atomic mass is 35.5. The van der Waals surface area contributed by atoms with Gasteiger partial charge in [0.25, 0.3) is 0 Å². The number of anilines is 1. The van der Waals surface area contributed by atoms with Gasteiger partial charge in [-0.3, -0.25) is 14.8 Å². The summed E-state index contributed by atoms with van der Waals surface area (Å²) in [5.74, 6) is 0.125. The lowest BCUT2D eigenvalue weighted by molar-refractivity contribution is -0.116. The maximum atomic E-state index is 11.9. The molecule has 0 saturated carbocycles. The molecule has 3 rings (SSSR count). The first kappa shape index (κ1) is 16.2. The molecule has 0 unspecified atom stereocenters. The molecular formula is C16H17ClN6O. The van der Waals surface area contributed by atoms with Gasteiger partial charge in [-0.1, -0.05) is 41.4 Å². The molecule has 3 aromatic rings. The Bertz CT molecular complexity index is 823. The SMILES string of the molecule is Cc1ccc(Cn2cnc(NC(=O)CCn3cc(Cl)cn3)n2)cc1. The van der Waals surface area contributed by atoms with Gasteiger partial charge in [0.15, 0.2) is 0 Å². The number of carbonyl (C=O) groups excluding carboxylic acids is 1. The fourth-order valence-corrected chi connectivity index (χ4v) is 2.33. The normalized spacial score (nSPS) is 10.8. The minimum Gasteiger partial charge on any atom is -0.293 e. The van der Waals surface area contributed by atoms with Crippen LogP contribution in [0.25, 0.3) is 0 Å². The molecule has 1 N–H and O–H groups in total. The second kappa shape index (κ2) is 7.27. The van der Waals surface area contributed by atoms with Crippen molar-refractivity contribution < 1.29 is 4.79 Å². The monoisotopic (exact) mass is 344 g/mol. The number of nitrogens with one attached hydrogen (secondary N) is 1. The summed E-state index contributed by atoms with van der Waals surface area (Å²) in [7, 11) is 0. The van der Waals surface area contributed by atoms with Crippen LogP contribution in [0.15, 0.2) is 43.0 Å². The van der Waals surface area contributed by atoms with E-state index < -0.39 is 0 Å². The highest BCUT2D eigenvalue weighted by Gasteiger charge is 2.07. The molecule has 0 aliphatic rings. The molecule has 0 bridgehead atoms. The van der Waals surface area contributed by atoms with Crippen LogP contribution in [-0.4, -0.2) is 30.5 Å². The van der Waals surface area contributed by atoms with Crippen LogP contribution in [0.5, 0.6) is 0 Å². The lowest BCUT2D eigenvalue weighted by Gasteiger charge is -2.03. The van der Waals surface area contributed by atoms with Crippen LogP contribution in [0.3, 0.4) is 0 Å². The van der Waals surface area contributed by atoms with Gasteiger partial charge in [-0.2, -0.15) is 5.10 Å². The molecule has 8 heteroatoms. The molecular weight excluding hydrogens is 328 g/mol. The van der Waals surface area contributed by atoms with Crippen molar-refractivity contribution in [1.29, 1.82) is 0 Å². The molecule has 1 aromatic carbocycles. The number of benzene rings is 1. The number of aromatic nitrogens is 5. The first-order chi connectivity index (χ1) is 11.6. The van der Waals surface area contributed by atoms with Crippen LogP contribution < -0.4 is 5.32 Å². The van der Waals surface area contributed by atoms with Crippen LogP contribution in [0.4, 0.5) is 5.95 Å². The van der Waals surface area contributed by atoms with Crippen LogP contribution >= 0.6 is 11.6 Å². The van der Waals surface area contributed by atoms with Crippen molar-refractivity contribution in [1.82, 2.24) is 24.5 Å². The standard InChI is InChI=1S/C16H17ClN6O/c1-12-2-4-13(5-3-12)9-23-11-18-16(21-23)20-15(24)6-7-22-10-14(17)8-19-22/h2-5,8,10-11H,6-7,9H2,1H3,(H,20,21,24). The predicted octanol–water partition coefficient (Wildman–Crippen LogP) is 2.51. The van der Waals surface area contributed by atoms with E-state index in [4.69, 9.17) is 11.6 Å². The first-order valence-electron chi connectivity index (χ1n) is 7.51. The topological polar surface area (TPSA) is 77.6 Å². The van der Waals surface area contributed by atoms with Crippen molar-refractivity contribution in [3.05, 3.63) is 59.1 Å². The molecule has 0 aliphatic heterocycles. The van der Waals surface area contributed by atoms with Gasteiger partial charge in [0.2, 0.25) is 11.9 Å². The van der Waals surface area contributed by atoms with Gasteiger partial charge < -0.3 is 0 Å². The molecule has 24 heavy (non-hydrogen) atoms. The Labute approximate surface area is 144 Å². The molecule has 2 heterocycles. The summed E-state index contributed by atoms with van der Waals surface area (Å²) in [4.78, 5) is 16.0. The number of rotatable bonds is 6. The van der Waals surface area contributed by atoms with E-state index in [1.807, 2.05) is 19.1 Å². The summed E-state index contributed by atoms with van der Waals surface area (Å²) in [6.45, 7) is 3.10. The number of hydrogen-bond acceptors (Lipinski definition) is 4. The highest BCUT2D eigenvalue weighted by Crippen LogP contribution is 2.07. The number of nitrogens with zero attached hydrogens (tertiary/aromatic N) is 5. The van der Waals surface area contributed by atoms with Gasteiger partial charge in [-0.15, -0.1) is 5.10 Å². The van der Waals surface area contributed by atoms with E-state index in [9.17, 15) is 4.79 Å². The molecule has 1 amide bonds. The van der Waals surface area contributed by atoms with Crippen molar-refractivity contribution in [2.24, 2.45) is 0 Å². The van der Waals surface area contributed by atoms with E-state index in [0.29, 0.717) is 24.1 Å². The van der Waals surface area contributed by atoms with Crippen LogP contribution in [0.1, 0.15) is 17.5 Å². The van der Waals surface area contributed by atoms with Gasteiger partial charge in [0.1, 0.15) is 6.33 Å². The van der Waals surface area contributed by atoms with Gasteiger partial charge in [-0.25, -0.2) is 9.67 Å². The third kappa shape index (κ3) is 4.42. The quantitative estimate of drug-likeness (QED) is 0.745. The molecule has 7 nitrogen and oxygen atoms in total. The van der Waals surface area contributed by atoms with Crippen LogP contribution in [0, 0.1) is 6.92 Å². The van der Waals surface area contributed by atoms with Crippen LogP contribution in [0.2, 0.25) is 5.02 Å². The fourth-order valence-electron chi connectivity index (χ4n) is 2.17. The van der Waals surface area contributed by atoms with Crippen LogP contribution in [-0.2, 0) is 17.9 Å². The zero-order chi connectivity index (χ0) is 16.9. The summed E-state index contributed by atoms with van der Waals surface area (Å²) < 4.78 is 3.30. The molecule has 124 valence electrons. The minimum atomic E-state index is -0.172. The van der Waals surface area contributed by atoms with Gasteiger partial charge in [0.05, 0.1) is 17.8 Å². The Morgan fingerprint density at radius 2 is 2.04 bits per heavy atom. The number of carbonyl (C=O) groups is 1. The zero-order valence-corrected chi connectivity index (χ0v) is 13.9. The maximum Gasteiger partial charge on any atom is 0.248 e. The van der Waals surface area contributed by atoms with Crippen molar-refractivity contribution in [3.8, 4) is 0 Å². The largest absolute Gasteiger partial charge is 0.293 e. The van der Waals surface area contributed by atoms with E-state index >= 15 is 0 Å². The van der Waals surface area contributed by atoms with Gasteiger partial charge in [-0.05, 0) is 12.5 Å². The Morgan fingerprint density at radius 3 is 2.75 bits per heavy atom. The summed E-state index contributed by atoms with van der Waals surface area (Å²) in [6.07, 6.45) is 5.07. The van der Waals surface area contributed by atoms with Gasteiger partial charge >= 0.3 is 0 Å². The molecule has 0 atom stereocenters. The maximum absolute atomic E-state index is 11.9. The molecule has 2 aromatic heterocycles. The Hall–Kier alpha value is -2.67. The smallest absolute Gasteiger partial charge is 0.248 e. The summed E-state index contributed by atoms with van der Waals surface area (Å²) in [5, 5.41) is 11.5. The van der Waals surface area contributed by atoms with E-state index in [1.165, 1.54) is 11.8 Å². The lowest BCUT2D eigenvalue weighted by Crippen LogP contribution is -2.16. The third-order valence-electron chi connectivity index (χ3n) is 3.42. The first-order valence-corrected chi connectivity index (χ1v) is 7.89. The van der Waals surface area contributed by atoms with E-state index in [-0.39, 0.29) is 12.3 Å². The van der Waals surface area contributed by atoms with Crippen molar-refractivity contribution >= 4 is 23.5 Å². The summed E-state index contributed by atoms with van der Waals surface area (Å²) >= 11 is 5.78. The van der Waals surface area contributed by atoms with Gasteiger partial charge in [0, 0.05) is 19.2 Å². The van der Waals surface area contributed by atoms with E-state index in [0.717, 1.165) is 5.56 Å². The van der Waals surface area contributed by atoms with Crippen molar-refractivity contribution in [2.75, 3.05) is 5.32 Å². The second-order valence-electron chi connectivity index (χ2n) is 5.47. The zero-order valence-electron chi connectivity index (χ0n) is 13.2. The number of amides is 1. The molecule has 0 saturated heterocycles. The van der Waals surface area contributed by atoms with E-state index in [2.05, 4.69) is 32.6 Å². The summed E-state index contributed by atoms with van der Waals surface area (Å²) in [5.41, 5.74) is 2.34. The summed E-state index contributed by atoms with van der Waals surface area (Å²) in [6, 6.07) is 8.20. The van der Waals surface area contributed by atoms with Crippen molar-refractivity contribution in [3.63, 3.8) is 0 Å². The van der Waals surface area contributed by atoms with Crippen molar-refractivity contribution in [2.45, 2.75) is 26.4 Å². The second-order valence-corrected chi connectivity index (χ2v) is 5.91. The Morgan fingerprint density at radius 1 is 1.25 bits per heavy atom. The Kier molecular flexibility index (Phi) is 4.90. The predicted molar refractivity (Wildman–Crippen MR) is 90.8 cm³/mol. The number of halogens is 1. The number of hydrogen-bond donors (Lipinski definition) is 1. The molecule has 0 aliphatic carbocycles. The minimum absolute atomic E-state index is 0.172. The Balaban J connectivity index is 1.51. The lowest BCUT2D eigenvalue weighted by atomic mass is 10.1. The molecule has 0 spiro atoms. The fraction of sp³-hybridized carbons (Fsp3) is 0.250.